The van der Waals surface area contributed by atoms with Gasteiger partial charge in [0.15, 0.2) is 0 Å². The number of nitrogens with one attached hydrogen (secondary N) is 3. The Morgan fingerprint density at radius 3 is 1.95 bits per heavy atom. The molecule has 44 heavy (non-hydrogen) atoms. The summed E-state index contributed by atoms with van der Waals surface area (Å²) in [6.07, 6.45) is 3.02. The van der Waals surface area contributed by atoms with Crippen LogP contribution < -0.4 is 16.2 Å². The van der Waals surface area contributed by atoms with Crippen LogP contribution in [0.4, 0.5) is 0 Å². The largest absolute Gasteiger partial charge is 0.337 e. The second-order valence-electron chi connectivity index (χ2n) is 11.1. The first-order valence-corrected chi connectivity index (χ1v) is 14.7. The molecule has 5 aromatic carbocycles. The van der Waals surface area contributed by atoms with Crippen LogP contribution >= 0.6 is 0 Å². The Kier molecular flexibility index (Phi) is 8.06. The number of carbonyl (C=O) groups excluding carboxylic acids is 4. The van der Waals surface area contributed by atoms with E-state index in [2.05, 4.69) is 16.2 Å². The molecular formula is C36H32N4O4. The molecule has 1 aliphatic rings. The maximum Gasteiger partial charge on any atom is 0.286 e. The molecule has 1 saturated carbocycles. The SMILES string of the molecule is O=C(NN(NC(=O)c1cccc2ccccc12)C(=O)C1(NC(=O)c2ccccc2)CCCCC1)c1ccc2ccccc2c1. The molecule has 0 atom stereocenters. The summed E-state index contributed by atoms with van der Waals surface area (Å²) in [6, 6.07) is 34.3. The molecule has 8 nitrogen and oxygen atoms in total. The van der Waals surface area contributed by atoms with Crippen LogP contribution in [0.3, 0.4) is 0 Å². The van der Waals surface area contributed by atoms with Crippen molar-refractivity contribution in [2.45, 2.75) is 37.6 Å². The Morgan fingerprint density at radius 2 is 1.18 bits per heavy atom. The minimum atomic E-state index is -1.34. The number of carbonyl (C=O) groups is 4. The van der Waals surface area contributed by atoms with Crippen molar-refractivity contribution >= 4 is 45.2 Å². The molecule has 0 radical (unpaired) electrons. The molecular weight excluding hydrogens is 552 g/mol. The highest BCUT2D eigenvalue weighted by Gasteiger charge is 2.45. The molecule has 220 valence electrons. The van der Waals surface area contributed by atoms with E-state index in [0.717, 1.165) is 27.7 Å². The Morgan fingerprint density at radius 1 is 0.545 bits per heavy atom. The van der Waals surface area contributed by atoms with Crippen molar-refractivity contribution in [3.8, 4) is 0 Å². The molecule has 0 aliphatic heterocycles. The van der Waals surface area contributed by atoms with E-state index in [1.807, 2.05) is 66.7 Å². The molecule has 1 aliphatic carbocycles. The van der Waals surface area contributed by atoms with Gasteiger partial charge in [-0.2, -0.15) is 5.12 Å². The summed E-state index contributed by atoms with van der Waals surface area (Å²) in [5.74, 6) is -2.18. The summed E-state index contributed by atoms with van der Waals surface area (Å²) in [5, 5.41) is 7.22. The number of rotatable bonds is 5. The monoisotopic (exact) mass is 584 g/mol. The molecule has 8 heteroatoms. The van der Waals surface area contributed by atoms with E-state index >= 15 is 0 Å². The van der Waals surface area contributed by atoms with Crippen molar-refractivity contribution in [1.29, 1.82) is 0 Å². The summed E-state index contributed by atoms with van der Waals surface area (Å²) >= 11 is 0. The highest BCUT2D eigenvalue weighted by atomic mass is 16.2. The predicted molar refractivity (Wildman–Crippen MR) is 169 cm³/mol. The molecule has 0 aromatic heterocycles. The van der Waals surface area contributed by atoms with Crippen LogP contribution in [0.2, 0.25) is 0 Å². The fourth-order valence-corrected chi connectivity index (χ4v) is 5.85. The van der Waals surface area contributed by atoms with Crippen LogP contribution in [0.25, 0.3) is 21.5 Å². The highest BCUT2D eigenvalue weighted by Crippen LogP contribution is 2.30. The van der Waals surface area contributed by atoms with Crippen molar-refractivity contribution in [3.05, 3.63) is 132 Å². The van der Waals surface area contributed by atoms with Crippen LogP contribution in [-0.4, -0.2) is 34.3 Å². The lowest BCUT2D eigenvalue weighted by atomic mass is 9.80. The molecule has 3 N–H and O–H groups in total. The second kappa shape index (κ2) is 12.4. The average Bonchev–Trinajstić information content (AvgIpc) is 3.07. The van der Waals surface area contributed by atoms with E-state index in [-0.39, 0.29) is 0 Å². The second-order valence-corrected chi connectivity index (χ2v) is 11.1. The molecule has 5 aromatic rings. The number of amides is 4. The van der Waals surface area contributed by atoms with Crippen molar-refractivity contribution < 1.29 is 19.2 Å². The number of hydrazine groups is 2. The number of benzene rings is 5. The number of hydrogen-bond acceptors (Lipinski definition) is 4. The van der Waals surface area contributed by atoms with Crippen molar-refractivity contribution in [2.75, 3.05) is 0 Å². The summed E-state index contributed by atoms with van der Waals surface area (Å²) in [4.78, 5) is 55.2. The van der Waals surface area contributed by atoms with Gasteiger partial charge < -0.3 is 5.32 Å². The first-order valence-electron chi connectivity index (χ1n) is 14.7. The van der Waals surface area contributed by atoms with Gasteiger partial charge in [0, 0.05) is 16.7 Å². The summed E-state index contributed by atoms with van der Waals surface area (Å²) in [5.41, 5.74) is 5.03. The Bertz CT molecular complexity index is 1860. The first-order chi connectivity index (χ1) is 21.4. The van der Waals surface area contributed by atoms with Crippen molar-refractivity contribution in [1.82, 2.24) is 21.3 Å². The Labute approximate surface area is 255 Å². The molecule has 0 saturated heterocycles. The lowest BCUT2D eigenvalue weighted by Crippen LogP contribution is -2.67. The topological polar surface area (TPSA) is 108 Å². The Hall–Kier alpha value is -5.50. The van der Waals surface area contributed by atoms with E-state index in [1.54, 1.807) is 48.5 Å². The minimum absolute atomic E-state index is 0.312. The number of nitrogens with zero attached hydrogens (tertiary/aromatic N) is 1. The zero-order valence-electron chi connectivity index (χ0n) is 24.1. The van der Waals surface area contributed by atoms with E-state index in [0.29, 0.717) is 47.8 Å². The maximum absolute atomic E-state index is 14.5. The average molecular weight is 585 g/mol. The van der Waals surface area contributed by atoms with Crippen LogP contribution in [0.15, 0.2) is 115 Å². The van der Waals surface area contributed by atoms with E-state index < -0.39 is 29.2 Å². The lowest BCUT2D eigenvalue weighted by molar-refractivity contribution is -0.145. The van der Waals surface area contributed by atoms with Crippen LogP contribution in [0, 0.1) is 0 Å². The van der Waals surface area contributed by atoms with Crippen LogP contribution in [-0.2, 0) is 4.79 Å². The van der Waals surface area contributed by atoms with Gasteiger partial charge >= 0.3 is 0 Å². The van der Waals surface area contributed by atoms with Crippen molar-refractivity contribution in [2.24, 2.45) is 0 Å². The fraction of sp³-hybridized carbons (Fsp3) is 0.167. The molecule has 0 bridgehead atoms. The van der Waals surface area contributed by atoms with E-state index in [4.69, 9.17) is 0 Å². The normalized spacial score (nSPS) is 14.0. The van der Waals surface area contributed by atoms with Gasteiger partial charge in [-0.05, 0) is 64.7 Å². The third kappa shape index (κ3) is 5.87. The quantitative estimate of drug-likeness (QED) is 0.222. The number of hydrogen-bond donors (Lipinski definition) is 3. The first kappa shape index (κ1) is 28.6. The summed E-state index contributed by atoms with van der Waals surface area (Å²) < 4.78 is 0. The van der Waals surface area contributed by atoms with Crippen LogP contribution in [0.5, 0.6) is 0 Å². The van der Waals surface area contributed by atoms with Gasteiger partial charge in [-0.25, -0.2) is 10.9 Å². The zero-order valence-corrected chi connectivity index (χ0v) is 24.1. The third-order valence-electron chi connectivity index (χ3n) is 8.18. The molecule has 4 amide bonds. The standard InChI is InChI=1S/C36H32N4O4/c41-32(27-14-3-1-4-15-27)37-36(22-9-2-10-23-36)35(44)40(38-33(42)29-21-20-25-12-5-6-16-28(25)24-29)39-34(43)31-19-11-17-26-13-7-8-18-30(26)31/h1,3-8,11-21,24H,2,9-10,22-23H2,(H,37,41)(H,38,42)(H,39,43). The molecule has 0 heterocycles. The lowest BCUT2D eigenvalue weighted by Gasteiger charge is -2.40. The maximum atomic E-state index is 14.5. The van der Waals surface area contributed by atoms with E-state index in [1.165, 1.54) is 0 Å². The van der Waals surface area contributed by atoms with Gasteiger partial charge in [0.2, 0.25) is 0 Å². The molecule has 1 fully saturated rings. The Balaban J connectivity index is 1.35. The van der Waals surface area contributed by atoms with Gasteiger partial charge in [-0.3, -0.25) is 19.2 Å². The summed E-state index contributed by atoms with van der Waals surface area (Å²) in [7, 11) is 0. The van der Waals surface area contributed by atoms with Crippen LogP contribution in [0.1, 0.15) is 63.2 Å². The highest BCUT2D eigenvalue weighted by molar-refractivity contribution is 6.08. The zero-order chi connectivity index (χ0) is 30.5. The molecule has 6 rings (SSSR count). The molecule has 0 spiro atoms. The smallest absolute Gasteiger partial charge is 0.286 e. The van der Waals surface area contributed by atoms with E-state index in [9.17, 15) is 19.2 Å². The fourth-order valence-electron chi connectivity index (χ4n) is 5.85. The van der Waals surface area contributed by atoms with Gasteiger partial charge in [-0.1, -0.05) is 104 Å². The van der Waals surface area contributed by atoms with Crippen molar-refractivity contribution in [3.63, 3.8) is 0 Å². The molecule has 0 unspecified atom stereocenters. The minimum Gasteiger partial charge on any atom is -0.337 e. The number of fused-ring (bicyclic) bond motifs is 2. The van der Waals surface area contributed by atoms with Gasteiger partial charge in [0.05, 0.1) is 0 Å². The van der Waals surface area contributed by atoms with Gasteiger partial charge in [0.1, 0.15) is 5.54 Å². The third-order valence-corrected chi connectivity index (χ3v) is 8.18. The van der Waals surface area contributed by atoms with Gasteiger partial charge in [-0.15, -0.1) is 0 Å². The summed E-state index contributed by atoms with van der Waals surface area (Å²) in [6.45, 7) is 0. The van der Waals surface area contributed by atoms with Gasteiger partial charge in [0.25, 0.3) is 23.6 Å². The predicted octanol–water partition coefficient (Wildman–Crippen LogP) is 5.94.